The number of benzene rings is 2. The molecule has 3 aromatic rings. The number of anilines is 1. The molecule has 0 aliphatic carbocycles. The number of nitrogens with one attached hydrogen (secondary N) is 3. The van der Waals surface area contributed by atoms with Gasteiger partial charge in [0.05, 0.1) is 4.90 Å². The zero-order chi connectivity index (χ0) is 24.9. The molecule has 0 radical (unpaired) electrons. The molecule has 1 aromatic heterocycles. The van der Waals surface area contributed by atoms with Gasteiger partial charge in [-0.2, -0.15) is 0 Å². The minimum Gasteiger partial charge on any atom is -0.457 e. The van der Waals surface area contributed by atoms with Crippen molar-refractivity contribution in [3.63, 3.8) is 0 Å². The largest absolute Gasteiger partial charge is 0.457 e. The quantitative estimate of drug-likeness (QED) is 0.310. The lowest BCUT2D eigenvalue weighted by Crippen LogP contribution is -2.32. The predicted molar refractivity (Wildman–Crippen MR) is 135 cm³/mol. The summed E-state index contributed by atoms with van der Waals surface area (Å²) in [5, 5.41) is 6.17. The second kappa shape index (κ2) is 10.8. The molecule has 2 amide bonds. The van der Waals surface area contributed by atoms with E-state index in [2.05, 4.69) is 10.6 Å². The molecule has 34 heavy (non-hydrogen) atoms. The highest BCUT2D eigenvalue weighted by atomic mass is 35.5. The van der Waals surface area contributed by atoms with Crippen LogP contribution in [0.2, 0.25) is 10.0 Å². The van der Waals surface area contributed by atoms with Crippen LogP contribution in [0.5, 0.6) is 0 Å². The van der Waals surface area contributed by atoms with Gasteiger partial charge in [0, 0.05) is 34.3 Å². The summed E-state index contributed by atoms with van der Waals surface area (Å²) < 4.78 is 31.5. The van der Waals surface area contributed by atoms with Crippen molar-refractivity contribution in [2.24, 2.45) is 0 Å². The number of carbonyl (C=O) groups is 2. The van der Waals surface area contributed by atoms with Gasteiger partial charge in [-0.15, -0.1) is 0 Å². The Morgan fingerprint density at radius 3 is 2.26 bits per heavy atom. The van der Waals surface area contributed by atoms with E-state index in [4.69, 9.17) is 39.8 Å². The first-order valence-corrected chi connectivity index (χ1v) is 12.2. The first-order valence-electron chi connectivity index (χ1n) is 9.51. The number of hydrogen-bond acceptors (Lipinski definition) is 6. The molecular weight excluding hydrogens is 521 g/mol. The molecule has 3 rings (SSSR count). The van der Waals surface area contributed by atoms with Crippen molar-refractivity contribution in [3.8, 4) is 11.3 Å². The molecule has 0 bridgehead atoms. The number of hydrogen-bond donors (Lipinski definition) is 3. The van der Waals surface area contributed by atoms with Crippen LogP contribution in [0, 0.1) is 0 Å². The number of amides is 2. The number of carbonyl (C=O) groups excluding carboxylic acids is 2. The SMILES string of the molecule is CC(=O)NS(=O)(=O)c1ccc(NC(=S)NC(=O)/C=C/c2ccc(-c3cc(Cl)cc(Cl)c3)o2)cc1. The molecule has 0 aliphatic rings. The smallest absolute Gasteiger partial charge is 0.264 e. The maximum Gasteiger partial charge on any atom is 0.264 e. The minimum absolute atomic E-state index is 0.000761. The Morgan fingerprint density at radius 1 is 1.00 bits per heavy atom. The van der Waals surface area contributed by atoms with Crippen molar-refractivity contribution >= 4 is 74.1 Å². The van der Waals surface area contributed by atoms with Crippen LogP contribution >= 0.6 is 35.4 Å². The highest BCUT2D eigenvalue weighted by Gasteiger charge is 2.15. The first kappa shape index (κ1) is 25.4. The average molecular weight is 538 g/mol. The van der Waals surface area contributed by atoms with E-state index in [0.29, 0.717) is 32.8 Å². The maximum absolute atomic E-state index is 12.1. The summed E-state index contributed by atoms with van der Waals surface area (Å²) in [6, 6.07) is 13.9. The summed E-state index contributed by atoms with van der Waals surface area (Å²) in [7, 11) is -3.94. The van der Waals surface area contributed by atoms with Crippen molar-refractivity contribution in [1.29, 1.82) is 0 Å². The molecule has 0 spiro atoms. The number of rotatable bonds is 6. The fourth-order valence-corrected chi connectivity index (χ4v) is 4.47. The van der Waals surface area contributed by atoms with Crippen LogP contribution in [0.1, 0.15) is 12.7 Å². The Morgan fingerprint density at radius 2 is 1.65 bits per heavy atom. The number of sulfonamides is 1. The summed E-state index contributed by atoms with van der Waals surface area (Å²) in [4.78, 5) is 23.1. The molecule has 0 fully saturated rings. The molecule has 0 saturated heterocycles. The van der Waals surface area contributed by atoms with Crippen molar-refractivity contribution in [2.45, 2.75) is 11.8 Å². The topological polar surface area (TPSA) is 118 Å². The van der Waals surface area contributed by atoms with E-state index >= 15 is 0 Å². The maximum atomic E-state index is 12.1. The highest BCUT2D eigenvalue weighted by molar-refractivity contribution is 7.90. The fraction of sp³-hybridized carbons (Fsp3) is 0.0455. The summed E-state index contributed by atoms with van der Waals surface area (Å²) in [5.74, 6) is -0.244. The highest BCUT2D eigenvalue weighted by Crippen LogP contribution is 2.28. The fourth-order valence-electron chi connectivity index (χ4n) is 2.73. The third-order valence-corrected chi connectivity index (χ3v) is 6.20. The Kier molecular flexibility index (Phi) is 8.11. The van der Waals surface area contributed by atoms with Gasteiger partial charge >= 0.3 is 0 Å². The van der Waals surface area contributed by atoms with Crippen LogP contribution in [-0.2, 0) is 19.6 Å². The molecule has 12 heteroatoms. The van der Waals surface area contributed by atoms with Gasteiger partial charge in [0.1, 0.15) is 11.5 Å². The first-order chi connectivity index (χ1) is 16.0. The van der Waals surface area contributed by atoms with Crippen LogP contribution in [0.3, 0.4) is 0 Å². The van der Waals surface area contributed by atoms with Crippen LogP contribution in [-0.4, -0.2) is 25.3 Å². The zero-order valence-corrected chi connectivity index (χ0v) is 20.6. The van der Waals surface area contributed by atoms with E-state index < -0.39 is 21.8 Å². The lowest BCUT2D eigenvalue weighted by Gasteiger charge is -2.09. The molecule has 0 saturated carbocycles. The molecule has 0 unspecified atom stereocenters. The van der Waals surface area contributed by atoms with Crippen molar-refractivity contribution in [3.05, 3.63) is 76.5 Å². The van der Waals surface area contributed by atoms with Gasteiger partial charge in [-0.25, -0.2) is 13.1 Å². The van der Waals surface area contributed by atoms with Crippen molar-refractivity contribution in [1.82, 2.24) is 10.0 Å². The molecule has 3 N–H and O–H groups in total. The molecule has 8 nitrogen and oxygen atoms in total. The number of halogens is 2. The standard InChI is InChI=1S/C22H17Cl2N3O5S2/c1-13(28)27-34(30,31)19-6-2-17(3-7-19)25-22(33)26-21(29)9-5-18-4-8-20(32-18)14-10-15(23)12-16(24)11-14/h2-12H,1H3,(H,27,28)(H2,25,26,29,33)/b9-5+. The van der Waals surface area contributed by atoms with Crippen LogP contribution in [0.4, 0.5) is 5.69 Å². The Bertz CT molecular complexity index is 1360. The summed E-state index contributed by atoms with van der Waals surface area (Å²) in [6.45, 7) is 1.10. The molecule has 0 aliphatic heterocycles. The van der Waals surface area contributed by atoms with E-state index in [1.54, 1.807) is 30.3 Å². The van der Waals surface area contributed by atoms with Gasteiger partial charge in [0.2, 0.25) is 11.8 Å². The van der Waals surface area contributed by atoms with E-state index in [0.717, 1.165) is 6.92 Å². The van der Waals surface area contributed by atoms with Crippen molar-refractivity contribution in [2.75, 3.05) is 5.32 Å². The number of thiocarbonyl (C=S) groups is 1. The average Bonchev–Trinajstić information content (AvgIpc) is 3.20. The summed E-state index contributed by atoms with van der Waals surface area (Å²) >= 11 is 17.1. The van der Waals surface area contributed by atoms with Gasteiger partial charge in [-0.1, -0.05) is 23.2 Å². The zero-order valence-electron chi connectivity index (χ0n) is 17.5. The van der Waals surface area contributed by atoms with Gasteiger partial charge < -0.3 is 9.73 Å². The third-order valence-electron chi connectivity index (χ3n) is 4.11. The molecule has 176 valence electrons. The van der Waals surface area contributed by atoms with E-state index in [1.165, 1.54) is 36.4 Å². The number of furan rings is 1. The van der Waals surface area contributed by atoms with Gasteiger partial charge in [0.25, 0.3) is 10.0 Å². The van der Waals surface area contributed by atoms with Crippen LogP contribution in [0.15, 0.2) is 70.0 Å². The van der Waals surface area contributed by atoms with Gasteiger partial charge in [0.15, 0.2) is 5.11 Å². The van der Waals surface area contributed by atoms with Gasteiger partial charge in [-0.05, 0) is 72.9 Å². The molecule has 1 heterocycles. The Labute approximate surface area is 211 Å². The second-order valence-corrected chi connectivity index (χ2v) is 9.79. The van der Waals surface area contributed by atoms with E-state index in [-0.39, 0.29) is 10.0 Å². The third kappa shape index (κ3) is 7.16. The summed E-state index contributed by atoms with van der Waals surface area (Å²) in [5.41, 5.74) is 1.13. The van der Waals surface area contributed by atoms with Crippen LogP contribution in [0.25, 0.3) is 17.4 Å². The summed E-state index contributed by atoms with van der Waals surface area (Å²) in [6.07, 6.45) is 2.71. The van der Waals surface area contributed by atoms with E-state index in [9.17, 15) is 18.0 Å². The van der Waals surface area contributed by atoms with Crippen molar-refractivity contribution < 1.29 is 22.4 Å². The molecule has 0 atom stereocenters. The molecule has 2 aromatic carbocycles. The second-order valence-electron chi connectivity index (χ2n) is 6.82. The Balaban J connectivity index is 1.56. The minimum atomic E-state index is -3.94. The van der Waals surface area contributed by atoms with Crippen LogP contribution < -0.4 is 15.4 Å². The normalized spacial score (nSPS) is 11.3. The predicted octanol–water partition coefficient (Wildman–Crippen LogP) is 4.60. The lowest BCUT2D eigenvalue weighted by molar-refractivity contribution is -0.117. The van der Waals surface area contributed by atoms with Gasteiger partial charge in [-0.3, -0.25) is 14.9 Å². The monoisotopic (exact) mass is 537 g/mol. The molecular formula is C22H17Cl2N3O5S2. The van der Waals surface area contributed by atoms with E-state index in [1.807, 2.05) is 4.72 Å². The lowest BCUT2D eigenvalue weighted by atomic mass is 10.2. The Hall–Kier alpha value is -3.18.